The molecule has 0 aliphatic heterocycles. The van der Waals surface area contributed by atoms with Crippen LogP contribution in [0.2, 0.25) is 0 Å². The summed E-state index contributed by atoms with van der Waals surface area (Å²) in [6.45, 7) is 6.91. The fraction of sp³-hybridized carbons (Fsp3) is 0.938. The molecule has 0 rings (SSSR count). The zero-order valence-electron chi connectivity index (χ0n) is 14.4. The molecule has 0 aromatic carbocycles. The van der Waals surface area contributed by atoms with E-state index in [4.69, 9.17) is 0 Å². The van der Waals surface area contributed by atoms with Gasteiger partial charge in [0.15, 0.2) is 11.4 Å². The molecule has 0 aromatic rings. The highest BCUT2D eigenvalue weighted by Gasteiger charge is 2.68. The van der Waals surface area contributed by atoms with Crippen LogP contribution in [0, 0.1) is 0 Å². The number of hydrogen-bond acceptors (Lipinski definition) is 6. The van der Waals surface area contributed by atoms with Crippen LogP contribution in [0.3, 0.4) is 0 Å². The van der Waals surface area contributed by atoms with Gasteiger partial charge in [0.2, 0.25) is 0 Å². The van der Waals surface area contributed by atoms with Crippen LogP contribution in [-0.4, -0.2) is 60.3 Å². The molecule has 0 heterocycles. The van der Waals surface area contributed by atoms with Crippen molar-refractivity contribution in [2.24, 2.45) is 0 Å². The zero-order valence-corrected chi connectivity index (χ0v) is 14.4. The molecule has 0 aliphatic rings. The maximum atomic E-state index is 12.3. The second kappa shape index (κ2) is 7.36. The molecule has 132 valence electrons. The fourth-order valence-electron chi connectivity index (χ4n) is 3.48. The summed E-state index contributed by atoms with van der Waals surface area (Å²) in [5.41, 5.74) is -8.78. The number of carbonyl (C=O) groups excluding carboxylic acids is 1. The summed E-state index contributed by atoms with van der Waals surface area (Å²) in [6.07, 6.45) is -0.471. The van der Waals surface area contributed by atoms with Crippen LogP contribution in [0.5, 0.6) is 0 Å². The third-order valence-electron chi connectivity index (χ3n) is 5.30. The number of hydrogen-bond donors (Lipinski definition) is 5. The average Bonchev–Trinajstić information content (AvgIpc) is 2.57. The van der Waals surface area contributed by atoms with E-state index in [-0.39, 0.29) is 32.1 Å². The zero-order chi connectivity index (χ0) is 17.8. The summed E-state index contributed by atoms with van der Waals surface area (Å²) in [6, 6.07) is 0. The van der Waals surface area contributed by atoms with Gasteiger partial charge in [-0.2, -0.15) is 0 Å². The molecule has 0 aliphatic carbocycles. The Bertz CT molecular complexity index is 381. The van der Waals surface area contributed by atoms with Crippen LogP contribution in [-0.2, 0) is 4.79 Å². The molecule has 0 fully saturated rings. The lowest BCUT2D eigenvalue weighted by molar-refractivity contribution is -0.303. The molecule has 0 bridgehead atoms. The number of carbonyl (C=O) groups is 1. The molecule has 0 amide bonds. The molecule has 6 heteroatoms. The van der Waals surface area contributed by atoms with Crippen LogP contribution in [0.25, 0.3) is 0 Å². The van der Waals surface area contributed by atoms with E-state index in [1.165, 1.54) is 20.8 Å². The smallest absolute Gasteiger partial charge is 0.167 e. The monoisotopic (exact) mass is 320 g/mol. The summed E-state index contributed by atoms with van der Waals surface area (Å²) < 4.78 is 0. The van der Waals surface area contributed by atoms with Crippen LogP contribution in [0.15, 0.2) is 0 Å². The first-order valence-corrected chi connectivity index (χ1v) is 8.07. The van der Waals surface area contributed by atoms with Gasteiger partial charge in [0.05, 0.1) is 6.61 Å². The van der Waals surface area contributed by atoms with Crippen LogP contribution >= 0.6 is 0 Å². The van der Waals surface area contributed by atoms with E-state index < -0.39 is 34.8 Å². The number of Topliss-reactive ketones (excluding diaryl/α,β-unsaturated/α-hetero) is 1. The minimum Gasteiger partial charge on any atom is -0.393 e. The number of aliphatic hydroxyl groups excluding tert-OH is 1. The summed E-state index contributed by atoms with van der Waals surface area (Å²) in [5, 5.41) is 53.3. The van der Waals surface area contributed by atoms with Crippen molar-refractivity contribution in [3.63, 3.8) is 0 Å². The molecule has 0 saturated carbocycles. The van der Waals surface area contributed by atoms with Crippen molar-refractivity contribution in [1.29, 1.82) is 0 Å². The fourth-order valence-corrected chi connectivity index (χ4v) is 3.48. The highest BCUT2D eigenvalue weighted by atomic mass is 16.4. The Kier molecular flexibility index (Phi) is 7.18. The molecule has 4 atom stereocenters. The Hall–Kier alpha value is -0.530. The first kappa shape index (κ1) is 21.5. The largest absolute Gasteiger partial charge is 0.393 e. The Balaban J connectivity index is 6.43. The Morgan fingerprint density at radius 2 is 1.23 bits per heavy atom. The number of aliphatic hydroxyl groups is 5. The molecule has 0 saturated heterocycles. The summed E-state index contributed by atoms with van der Waals surface area (Å²) in [7, 11) is 0. The topological polar surface area (TPSA) is 118 Å². The normalized spacial score (nSPS) is 23.0. The predicted octanol–water partition coefficient (Wildman–Crippen LogP) is 0.522. The van der Waals surface area contributed by atoms with Gasteiger partial charge in [0.25, 0.3) is 0 Å². The van der Waals surface area contributed by atoms with Crippen LogP contribution < -0.4 is 0 Å². The molecule has 0 unspecified atom stereocenters. The standard InChI is InChI=1S/C16H32O6/c1-6-12(18)14(20,8-3)16(22,10-5)15(21,9-4)13(19,7-2)11-17/h17,19-22H,6-11H2,1-5H3/t13-,14+,15-,16-/m1/s1. The van der Waals surface area contributed by atoms with Gasteiger partial charge in [-0.3, -0.25) is 4.79 Å². The predicted molar refractivity (Wildman–Crippen MR) is 83.3 cm³/mol. The second-order valence-corrected chi connectivity index (χ2v) is 5.96. The quantitative estimate of drug-likeness (QED) is 0.400. The maximum absolute atomic E-state index is 12.3. The second-order valence-electron chi connectivity index (χ2n) is 5.96. The van der Waals surface area contributed by atoms with E-state index in [9.17, 15) is 30.3 Å². The van der Waals surface area contributed by atoms with Gasteiger partial charge in [0, 0.05) is 6.42 Å². The van der Waals surface area contributed by atoms with Crippen molar-refractivity contribution in [2.75, 3.05) is 6.61 Å². The van der Waals surface area contributed by atoms with Gasteiger partial charge < -0.3 is 25.5 Å². The first-order chi connectivity index (χ1) is 10.0. The van der Waals surface area contributed by atoms with E-state index in [2.05, 4.69) is 0 Å². The summed E-state index contributed by atoms with van der Waals surface area (Å²) in [5.74, 6) is -0.609. The molecular weight excluding hydrogens is 288 g/mol. The lowest BCUT2D eigenvalue weighted by atomic mass is 9.58. The third-order valence-corrected chi connectivity index (χ3v) is 5.30. The molecule has 0 aromatic heterocycles. The molecule has 22 heavy (non-hydrogen) atoms. The first-order valence-electron chi connectivity index (χ1n) is 8.07. The Morgan fingerprint density at radius 3 is 1.45 bits per heavy atom. The van der Waals surface area contributed by atoms with E-state index in [1.807, 2.05) is 0 Å². The molecular formula is C16H32O6. The van der Waals surface area contributed by atoms with Crippen LogP contribution in [0.4, 0.5) is 0 Å². The van der Waals surface area contributed by atoms with E-state index in [0.29, 0.717) is 0 Å². The molecule has 5 N–H and O–H groups in total. The highest BCUT2D eigenvalue weighted by Crippen LogP contribution is 2.47. The van der Waals surface area contributed by atoms with Crippen molar-refractivity contribution < 1.29 is 30.3 Å². The maximum Gasteiger partial charge on any atom is 0.167 e. The Labute approximate surface area is 132 Å². The van der Waals surface area contributed by atoms with Gasteiger partial charge in [-0.15, -0.1) is 0 Å². The van der Waals surface area contributed by atoms with Gasteiger partial charge in [-0.25, -0.2) is 0 Å². The minimum atomic E-state index is -2.29. The molecule has 0 radical (unpaired) electrons. The van der Waals surface area contributed by atoms with E-state index in [1.54, 1.807) is 13.8 Å². The SMILES string of the molecule is CCC(=O)[C@@](O)(CC)[C@](O)(CC)[C@@](O)(CC)[C@@](O)(CC)CO. The lowest BCUT2D eigenvalue weighted by Gasteiger charge is -2.56. The van der Waals surface area contributed by atoms with Crippen molar-refractivity contribution in [2.45, 2.75) is 89.1 Å². The van der Waals surface area contributed by atoms with Crippen molar-refractivity contribution >= 4 is 5.78 Å². The van der Waals surface area contributed by atoms with Gasteiger partial charge in [-0.1, -0.05) is 34.6 Å². The van der Waals surface area contributed by atoms with E-state index >= 15 is 0 Å². The van der Waals surface area contributed by atoms with Crippen molar-refractivity contribution in [3.8, 4) is 0 Å². The van der Waals surface area contributed by atoms with Crippen LogP contribution in [0.1, 0.15) is 66.7 Å². The van der Waals surface area contributed by atoms with Crippen molar-refractivity contribution in [3.05, 3.63) is 0 Å². The van der Waals surface area contributed by atoms with Gasteiger partial charge in [0.1, 0.15) is 16.8 Å². The lowest BCUT2D eigenvalue weighted by Crippen LogP contribution is -2.77. The molecule has 0 spiro atoms. The van der Waals surface area contributed by atoms with Gasteiger partial charge in [-0.05, 0) is 25.7 Å². The number of rotatable bonds is 10. The molecule has 6 nitrogen and oxygen atoms in total. The van der Waals surface area contributed by atoms with Crippen molar-refractivity contribution in [1.82, 2.24) is 0 Å². The Morgan fingerprint density at radius 1 is 0.773 bits per heavy atom. The van der Waals surface area contributed by atoms with Gasteiger partial charge >= 0.3 is 0 Å². The minimum absolute atomic E-state index is 0.0177. The highest BCUT2D eigenvalue weighted by molar-refractivity contribution is 5.88. The van der Waals surface area contributed by atoms with E-state index in [0.717, 1.165) is 0 Å². The number of ketones is 1. The third kappa shape index (κ3) is 2.71. The summed E-state index contributed by atoms with van der Waals surface area (Å²) >= 11 is 0. The summed E-state index contributed by atoms with van der Waals surface area (Å²) in [4.78, 5) is 12.3. The average molecular weight is 320 g/mol.